The number of aromatic nitrogens is 1. The van der Waals surface area contributed by atoms with Gasteiger partial charge in [0.25, 0.3) is 0 Å². The molecule has 1 heterocycles. The van der Waals surface area contributed by atoms with Crippen LogP contribution in [0.1, 0.15) is 13.8 Å². The largest absolute Gasteiger partial charge is 0.363 e. The molecule has 0 aliphatic carbocycles. The van der Waals surface area contributed by atoms with Gasteiger partial charge in [-0.15, -0.1) is 11.6 Å². The Kier molecular flexibility index (Phi) is 3.01. The van der Waals surface area contributed by atoms with Crippen molar-refractivity contribution in [2.45, 2.75) is 19.4 Å². The summed E-state index contributed by atoms with van der Waals surface area (Å²) in [5.41, 5.74) is -0.154. The Hall–Kier alpha value is -1.28. The first kappa shape index (κ1) is 11.2. The maximum absolute atomic E-state index is 5.90. The summed E-state index contributed by atoms with van der Waals surface area (Å²) in [5, 5.41) is 5.68. The molecule has 2 nitrogen and oxygen atoms in total. The average molecular weight is 235 g/mol. The van der Waals surface area contributed by atoms with E-state index in [0.29, 0.717) is 5.88 Å². The molecule has 1 N–H and O–H groups in total. The molecule has 0 radical (unpaired) electrons. The zero-order chi connectivity index (χ0) is 11.6. The molecule has 2 rings (SSSR count). The standard InChI is InChI=1S/C13H15ClN2/c1-13(2,9-14)16-12-11-6-4-3-5-10(11)7-8-15-12/h3-8H,9H2,1-2H3,(H,15,16). The molecule has 0 saturated heterocycles. The highest BCUT2D eigenvalue weighted by Gasteiger charge is 2.17. The van der Waals surface area contributed by atoms with E-state index >= 15 is 0 Å². The van der Waals surface area contributed by atoms with Crippen LogP contribution in [0, 0.1) is 0 Å². The second-order valence-electron chi connectivity index (χ2n) is 4.52. The molecule has 3 heteroatoms. The maximum atomic E-state index is 5.90. The lowest BCUT2D eigenvalue weighted by Gasteiger charge is -2.24. The highest BCUT2D eigenvalue weighted by atomic mass is 35.5. The molecule has 0 saturated carbocycles. The van der Waals surface area contributed by atoms with Crippen LogP contribution in [-0.4, -0.2) is 16.4 Å². The van der Waals surface area contributed by atoms with Crippen molar-refractivity contribution in [2.75, 3.05) is 11.2 Å². The summed E-state index contributed by atoms with van der Waals surface area (Å²) < 4.78 is 0. The maximum Gasteiger partial charge on any atom is 0.134 e. The molecule has 2 aromatic rings. The number of nitrogens with one attached hydrogen (secondary N) is 1. The summed E-state index contributed by atoms with van der Waals surface area (Å²) in [6.07, 6.45) is 1.81. The van der Waals surface area contributed by atoms with Crippen molar-refractivity contribution in [3.05, 3.63) is 36.5 Å². The fourth-order valence-corrected chi connectivity index (χ4v) is 1.64. The second kappa shape index (κ2) is 4.30. The van der Waals surface area contributed by atoms with Crippen molar-refractivity contribution >= 4 is 28.2 Å². The first-order valence-electron chi connectivity index (χ1n) is 5.30. The summed E-state index contributed by atoms with van der Waals surface area (Å²) in [7, 11) is 0. The Morgan fingerprint density at radius 2 is 2.00 bits per heavy atom. The number of fused-ring (bicyclic) bond motifs is 1. The van der Waals surface area contributed by atoms with Crippen LogP contribution in [0.2, 0.25) is 0 Å². The topological polar surface area (TPSA) is 24.9 Å². The van der Waals surface area contributed by atoms with E-state index in [4.69, 9.17) is 11.6 Å². The number of hydrogen-bond donors (Lipinski definition) is 1. The molecule has 0 fully saturated rings. The average Bonchev–Trinajstić information content (AvgIpc) is 2.29. The number of pyridine rings is 1. The summed E-state index contributed by atoms with van der Waals surface area (Å²) in [6, 6.07) is 10.2. The lowest BCUT2D eigenvalue weighted by Crippen LogP contribution is -2.33. The molecule has 16 heavy (non-hydrogen) atoms. The number of hydrogen-bond acceptors (Lipinski definition) is 2. The molecule has 0 spiro atoms. The van der Waals surface area contributed by atoms with E-state index in [2.05, 4.69) is 36.3 Å². The van der Waals surface area contributed by atoms with Crippen molar-refractivity contribution in [3.63, 3.8) is 0 Å². The van der Waals surface area contributed by atoms with E-state index in [-0.39, 0.29) is 5.54 Å². The highest BCUT2D eigenvalue weighted by molar-refractivity contribution is 6.18. The van der Waals surface area contributed by atoms with E-state index < -0.39 is 0 Å². The van der Waals surface area contributed by atoms with Gasteiger partial charge in [-0.1, -0.05) is 24.3 Å². The van der Waals surface area contributed by atoms with Gasteiger partial charge < -0.3 is 5.32 Å². The van der Waals surface area contributed by atoms with Gasteiger partial charge >= 0.3 is 0 Å². The third-order valence-corrected chi connectivity index (χ3v) is 3.13. The molecule has 0 aliphatic heterocycles. The van der Waals surface area contributed by atoms with Gasteiger partial charge in [0.05, 0.1) is 0 Å². The van der Waals surface area contributed by atoms with Gasteiger partial charge in [-0.25, -0.2) is 4.98 Å². The molecule has 0 amide bonds. The van der Waals surface area contributed by atoms with Crippen molar-refractivity contribution in [2.24, 2.45) is 0 Å². The molecule has 1 aromatic heterocycles. The van der Waals surface area contributed by atoms with E-state index in [1.807, 2.05) is 24.4 Å². The van der Waals surface area contributed by atoms with Crippen molar-refractivity contribution < 1.29 is 0 Å². The summed E-state index contributed by atoms with van der Waals surface area (Å²) in [5.74, 6) is 1.43. The van der Waals surface area contributed by atoms with Crippen molar-refractivity contribution in [1.29, 1.82) is 0 Å². The van der Waals surface area contributed by atoms with Gasteiger partial charge in [0.1, 0.15) is 5.82 Å². The smallest absolute Gasteiger partial charge is 0.134 e. The number of benzene rings is 1. The molecule has 0 unspecified atom stereocenters. The van der Waals surface area contributed by atoms with Crippen molar-refractivity contribution in [3.8, 4) is 0 Å². The van der Waals surface area contributed by atoms with Crippen LogP contribution >= 0.6 is 11.6 Å². The minimum absolute atomic E-state index is 0.154. The summed E-state index contributed by atoms with van der Waals surface area (Å²) in [4.78, 5) is 4.37. The fraction of sp³-hybridized carbons (Fsp3) is 0.308. The Morgan fingerprint density at radius 1 is 1.25 bits per heavy atom. The van der Waals surface area contributed by atoms with Crippen LogP contribution in [0.3, 0.4) is 0 Å². The molecular formula is C13H15ClN2. The molecule has 84 valence electrons. The quantitative estimate of drug-likeness (QED) is 0.820. The summed E-state index contributed by atoms with van der Waals surface area (Å²) in [6.45, 7) is 4.12. The van der Waals surface area contributed by atoms with Crippen LogP contribution in [-0.2, 0) is 0 Å². The predicted molar refractivity (Wildman–Crippen MR) is 70.2 cm³/mol. The minimum Gasteiger partial charge on any atom is -0.363 e. The first-order valence-corrected chi connectivity index (χ1v) is 5.84. The number of nitrogens with zero attached hydrogens (tertiary/aromatic N) is 1. The van der Waals surface area contributed by atoms with Gasteiger partial charge in [0.2, 0.25) is 0 Å². The Bertz CT molecular complexity index is 489. The number of alkyl halides is 1. The van der Waals surface area contributed by atoms with Gasteiger partial charge in [-0.05, 0) is 25.3 Å². The monoisotopic (exact) mass is 234 g/mol. The van der Waals surface area contributed by atoms with Gasteiger partial charge in [0, 0.05) is 23.0 Å². The second-order valence-corrected chi connectivity index (χ2v) is 4.79. The number of anilines is 1. The first-order chi connectivity index (χ1) is 7.62. The van der Waals surface area contributed by atoms with Crippen LogP contribution in [0.4, 0.5) is 5.82 Å². The van der Waals surface area contributed by atoms with E-state index in [0.717, 1.165) is 11.2 Å². The molecular weight excluding hydrogens is 220 g/mol. The number of rotatable bonds is 3. The van der Waals surface area contributed by atoms with E-state index in [1.165, 1.54) is 5.39 Å². The molecule has 1 aromatic carbocycles. The lowest BCUT2D eigenvalue weighted by atomic mass is 10.1. The fourth-order valence-electron chi connectivity index (χ4n) is 1.57. The molecule has 0 aliphatic rings. The predicted octanol–water partition coefficient (Wildman–Crippen LogP) is 3.66. The van der Waals surface area contributed by atoms with Crippen LogP contribution in [0.25, 0.3) is 10.8 Å². The Balaban J connectivity index is 2.45. The Morgan fingerprint density at radius 3 is 2.75 bits per heavy atom. The molecule has 0 atom stereocenters. The number of halogens is 1. The van der Waals surface area contributed by atoms with Crippen LogP contribution in [0.5, 0.6) is 0 Å². The zero-order valence-corrected chi connectivity index (χ0v) is 10.3. The van der Waals surface area contributed by atoms with Crippen LogP contribution in [0.15, 0.2) is 36.5 Å². The Labute approximate surface area is 101 Å². The van der Waals surface area contributed by atoms with E-state index in [1.54, 1.807) is 0 Å². The minimum atomic E-state index is -0.154. The van der Waals surface area contributed by atoms with Crippen LogP contribution < -0.4 is 5.32 Å². The third kappa shape index (κ3) is 2.27. The zero-order valence-electron chi connectivity index (χ0n) is 9.50. The molecule has 0 bridgehead atoms. The normalized spacial score (nSPS) is 11.7. The third-order valence-electron chi connectivity index (χ3n) is 2.46. The van der Waals surface area contributed by atoms with E-state index in [9.17, 15) is 0 Å². The van der Waals surface area contributed by atoms with Crippen molar-refractivity contribution in [1.82, 2.24) is 4.98 Å². The summed E-state index contributed by atoms with van der Waals surface area (Å²) >= 11 is 5.90. The van der Waals surface area contributed by atoms with Gasteiger partial charge in [0.15, 0.2) is 0 Å². The SMILES string of the molecule is CC(C)(CCl)Nc1nccc2ccccc12. The van der Waals surface area contributed by atoms with Gasteiger partial charge in [-0.3, -0.25) is 0 Å². The van der Waals surface area contributed by atoms with Gasteiger partial charge in [-0.2, -0.15) is 0 Å². The lowest BCUT2D eigenvalue weighted by molar-refractivity contribution is 0.639. The highest BCUT2D eigenvalue weighted by Crippen LogP contribution is 2.23.